The number of hydrogen-bond donors (Lipinski definition) is 0. The lowest BCUT2D eigenvalue weighted by atomic mass is 10.1. The molecule has 0 unspecified atom stereocenters. The molecule has 0 aromatic carbocycles. The van der Waals surface area contributed by atoms with E-state index in [-0.39, 0.29) is 5.92 Å². The largest absolute Gasteiger partial charge is 0.299 e. The monoisotopic (exact) mass is 267 g/mol. The summed E-state index contributed by atoms with van der Waals surface area (Å²) in [6.45, 7) is 1.96. The summed E-state index contributed by atoms with van der Waals surface area (Å²) in [5.74, 6) is 4.34. The quantitative estimate of drug-likeness (QED) is 0.823. The highest BCUT2D eigenvalue weighted by Crippen LogP contribution is 2.23. The first kappa shape index (κ1) is 13.0. The van der Waals surface area contributed by atoms with Crippen molar-refractivity contribution in [3.63, 3.8) is 0 Å². The first-order valence-corrected chi connectivity index (χ1v) is 8.23. The number of fused-ring (bicyclic) bond motifs is 2. The van der Waals surface area contributed by atoms with Crippen LogP contribution >= 0.6 is 23.5 Å². The van der Waals surface area contributed by atoms with E-state index < -0.39 is 0 Å². The molecule has 1 aliphatic heterocycles. The Bertz CT molecular complexity index is 370. The van der Waals surface area contributed by atoms with Crippen LogP contribution in [0.3, 0.4) is 0 Å². The van der Waals surface area contributed by atoms with Gasteiger partial charge < -0.3 is 0 Å². The van der Waals surface area contributed by atoms with Crippen LogP contribution in [-0.2, 0) is 16.3 Å². The van der Waals surface area contributed by atoms with Gasteiger partial charge in [-0.05, 0) is 12.1 Å². The molecule has 0 atom stereocenters. The van der Waals surface area contributed by atoms with E-state index >= 15 is 0 Å². The van der Waals surface area contributed by atoms with Crippen molar-refractivity contribution in [3.05, 3.63) is 29.6 Å². The minimum Gasteiger partial charge on any atom is -0.299 e. The number of Topliss-reactive ketones (excluding diaryl/α,β-unsaturated/α-hetero) is 1. The maximum Gasteiger partial charge on any atom is 0.137 e. The van der Waals surface area contributed by atoms with Crippen molar-refractivity contribution in [2.24, 2.45) is 5.92 Å². The molecule has 0 saturated carbocycles. The van der Waals surface area contributed by atoms with Gasteiger partial charge in [-0.1, -0.05) is 13.0 Å². The molecular formula is C13H17NOS2. The Labute approximate surface area is 111 Å². The molecule has 0 aliphatic carbocycles. The van der Waals surface area contributed by atoms with Crippen LogP contribution in [-0.4, -0.2) is 22.3 Å². The molecule has 1 aromatic rings. The lowest BCUT2D eigenvalue weighted by molar-refractivity contribution is -0.121. The van der Waals surface area contributed by atoms with Crippen molar-refractivity contribution in [3.8, 4) is 0 Å². The Hall–Kier alpha value is -0.480. The Morgan fingerprint density at radius 1 is 1.29 bits per heavy atom. The van der Waals surface area contributed by atoms with Crippen LogP contribution in [0.1, 0.15) is 24.7 Å². The van der Waals surface area contributed by atoms with Gasteiger partial charge in [0, 0.05) is 35.4 Å². The number of nitrogens with zero attached hydrogens (tertiary/aromatic N) is 1. The van der Waals surface area contributed by atoms with Crippen LogP contribution in [0.4, 0.5) is 0 Å². The van der Waals surface area contributed by atoms with Gasteiger partial charge >= 0.3 is 0 Å². The molecular weight excluding hydrogens is 250 g/mol. The second-order valence-electron chi connectivity index (χ2n) is 4.17. The molecule has 17 heavy (non-hydrogen) atoms. The summed E-state index contributed by atoms with van der Waals surface area (Å²) in [5, 5.41) is 0. The van der Waals surface area contributed by atoms with Crippen molar-refractivity contribution in [1.82, 2.24) is 4.98 Å². The summed E-state index contributed by atoms with van der Waals surface area (Å²) >= 11 is 3.66. The fourth-order valence-electron chi connectivity index (χ4n) is 1.82. The molecule has 92 valence electrons. The zero-order valence-electron chi connectivity index (χ0n) is 10.0. The SMILES string of the molecule is CCC(=O)C1CSCc2cccc(n2)CSC1. The molecule has 0 N–H and O–H groups in total. The Balaban J connectivity index is 2.05. The average molecular weight is 267 g/mol. The summed E-state index contributed by atoms with van der Waals surface area (Å²) < 4.78 is 0. The van der Waals surface area contributed by atoms with Crippen molar-refractivity contribution in [2.75, 3.05) is 11.5 Å². The molecule has 2 nitrogen and oxygen atoms in total. The molecule has 4 heteroatoms. The van der Waals surface area contributed by atoms with E-state index in [0.717, 1.165) is 34.4 Å². The van der Waals surface area contributed by atoms with Gasteiger partial charge in [0.2, 0.25) is 0 Å². The van der Waals surface area contributed by atoms with Crippen molar-refractivity contribution >= 4 is 29.3 Å². The topological polar surface area (TPSA) is 30.0 Å². The average Bonchev–Trinajstić information content (AvgIpc) is 2.36. The summed E-state index contributed by atoms with van der Waals surface area (Å²) in [5.41, 5.74) is 2.27. The third-order valence-corrected chi connectivity index (χ3v) is 5.08. The van der Waals surface area contributed by atoms with Gasteiger partial charge in [-0.25, -0.2) is 0 Å². The van der Waals surface area contributed by atoms with Gasteiger partial charge in [-0.3, -0.25) is 9.78 Å². The molecule has 2 bridgehead atoms. The molecule has 1 aliphatic rings. The van der Waals surface area contributed by atoms with E-state index in [1.165, 1.54) is 0 Å². The van der Waals surface area contributed by atoms with Crippen molar-refractivity contribution in [2.45, 2.75) is 24.9 Å². The van der Waals surface area contributed by atoms with E-state index in [0.29, 0.717) is 12.2 Å². The zero-order valence-corrected chi connectivity index (χ0v) is 11.6. The fraction of sp³-hybridized carbons (Fsp3) is 0.538. The molecule has 0 saturated heterocycles. The molecule has 0 fully saturated rings. The standard InChI is InChI=1S/C13H17NOS2/c1-2-13(15)10-6-16-8-11-4-3-5-12(14-11)9-17-7-10/h3-5,10H,2,6-9H2,1H3. The number of carbonyl (C=O) groups excluding carboxylic acids is 1. The highest BCUT2D eigenvalue weighted by atomic mass is 32.2. The van der Waals surface area contributed by atoms with Gasteiger partial charge in [-0.2, -0.15) is 23.5 Å². The van der Waals surface area contributed by atoms with Crippen molar-refractivity contribution < 1.29 is 4.79 Å². The second-order valence-corrected chi connectivity index (χ2v) is 6.23. The lowest BCUT2D eigenvalue weighted by Gasteiger charge is -2.16. The van der Waals surface area contributed by atoms with E-state index in [1.54, 1.807) is 0 Å². The Morgan fingerprint density at radius 3 is 2.41 bits per heavy atom. The first-order chi connectivity index (χ1) is 8.29. The lowest BCUT2D eigenvalue weighted by Crippen LogP contribution is -2.19. The predicted octanol–water partition coefficient (Wildman–Crippen LogP) is 3.16. The van der Waals surface area contributed by atoms with Gasteiger partial charge in [0.25, 0.3) is 0 Å². The zero-order chi connectivity index (χ0) is 12.1. The maximum atomic E-state index is 11.8. The smallest absolute Gasteiger partial charge is 0.137 e. The number of carbonyl (C=O) groups is 1. The van der Waals surface area contributed by atoms with Crippen LogP contribution < -0.4 is 0 Å². The molecule has 2 rings (SSSR count). The molecule has 0 spiro atoms. The first-order valence-electron chi connectivity index (χ1n) is 5.92. The highest BCUT2D eigenvalue weighted by molar-refractivity contribution is 7.99. The summed E-state index contributed by atoms with van der Waals surface area (Å²) in [7, 11) is 0. The third-order valence-electron chi connectivity index (χ3n) is 2.81. The molecule has 0 amide bonds. The Kier molecular flexibility index (Phi) is 4.92. The highest BCUT2D eigenvalue weighted by Gasteiger charge is 2.18. The van der Waals surface area contributed by atoms with E-state index in [1.807, 2.05) is 30.4 Å². The minimum absolute atomic E-state index is 0.221. The van der Waals surface area contributed by atoms with Gasteiger partial charge in [0.1, 0.15) is 5.78 Å². The molecule has 1 aromatic heterocycles. The van der Waals surface area contributed by atoms with E-state index in [9.17, 15) is 4.79 Å². The number of thioether (sulfide) groups is 2. The predicted molar refractivity (Wildman–Crippen MR) is 75.3 cm³/mol. The van der Waals surface area contributed by atoms with E-state index in [4.69, 9.17) is 0 Å². The van der Waals surface area contributed by atoms with Gasteiger partial charge in [0.05, 0.1) is 11.4 Å². The molecule has 2 heterocycles. The third kappa shape index (κ3) is 3.75. The maximum absolute atomic E-state index is 11.8. The molecule has 0 radical (unpaired) electrons. The summed E-state index contributed by atoms with van der Waals surface area (Å²) in [6.07, 6.45) is 0.662. The number of ketones is 1. The normalized spacial score (nSPS) is 17.7. The second kappa shape index (κ2) is 6.45. The number of aromatic nitrogens is 1. The fourth-order valence-corrected chi connectivity index (χ4v) is 4.13. The van der Waals surface area contributed by atoms with Crippen LogP contribution in [0.2, 0.25) is 0 Å². The van der Waals surface area contributed by atoms with Gasteiger partial charge in [-0.15, -0.1) is 0 Å². The summed E-state index contributed by atoms with van der Waals surface area (Å²) in [4.78, 5) is 16.4. The summed E-state index contributed by atoms with van der Waals surface area (Å²) in [6, 6.07) is 6.22. The van der Waals surface area contributed by atoms with E-state index in [2.05, 4.69) is 23.2 Å². The Morgan fingerprint density at radius 2 is 1.88 bits per heavy atom. The van der Waals surface area contributed by atoms with Crippen LogP contribution in [0.5, 0.6) is 0 Å². The number of hydrogen-bond acceptors (Lipinski definition) is 4. The van der Waals surface area contributed by atoms with Crippen LogP contribution in [0.15, 0.2) is 18.2 Å². The minimum atomic E-state index is 0.221. The number of pyridine rings is 1. The van der Waals surface area contributed by atoms with Crippen LogP contribution in [0.25, 0.3) is 0 Å². The number of rotatable bonds is 2. The van der Waals surface area contributed by atoms with Crippen molar-refractivity contribution in [1.29, 1.82) is 0 Å². The van der Waals surface area contributed by atoms with Gasteiger partial charge in [0.15, 0.2) is 0 Å². The van der Waals surface area contributed by atoms with Crippen LogP contribution in [0, 0.1) is 5.92 Å².